The van der Waals surface area contributed by atoms with Crippen molar-refractivity contribution < 1.29 is 4.74 Å². The minimum absolute atomic E-state index is 0.0176. The third kappa shape index (κ3) is 3.07. The fourth-order valence-corrected chi connectivity index (χ4v) is 0.863. The summed E-state index contributed by atoms with van der Waals surface area (Å²) in [5.74, 6) is 0.653. The molecule has 0 aliphatic rings. The van der Waals surface area contributed by atoms with E-state index in [-0.39, 0.29) is 6.04 Å². The van der Waals surface area contributed by atoms with Crippen LogP contribution in [0.3, 0.4) is 0 Å². The standard InChI is InChI=1S/C8H11ClN2O/c1-6(10)5-12-8-2-7(9)3-11-4-8/h2-4,6H,5,10H2,1H3. The van der Waals surface area contributed by atoms with Gasteiger partial charge in [0.15, 0.2) is 0 Å². The Morgan fingerprint density at radius 3 is 3.00 bits per heavy atom. The fraction of sp³-hybridized carbons (Fsp3) is 0.375. The van der Waals surface area contributed by atoms with Gasteiger partial charge in [-0.3, -0.25) is 4.98 Å². The Kier molecular flexibility index (Phi) is 3.31. The third-order valence-corrected chi connectivity index (χ3v) is 1.40. The average Bonchev–Trinajstić information content (AvgIpc) is 2.01. The fourth-order valence-electron chi connectivity index (χ4n) is 0.699. The number of hydrogen-bond donors (Lipinski definition) is 1. The Bertz CT molecular complexity index is 253. The molecule has 0 saturated carbocycles. The smallest absolute Gasteiger partial charge is 0.139 e. The Morgan fingerprint density at radius 2 is 2.42 bits per heavy atom. The van der Waals surface area contributed by atoms with Gasteiger partial charge in [0.2, 0.25) is 0 Å². The van der Waals surface area contributed by atoms with Crippen molar-refractivity contribution >= 4 is 11.6 Å². The maximum atomic E-state index is 5.69. The molecule has 1 atom stereocenters. The van der Waals surface area contributed by atoms with Gasteiger partial charge in [-0.25, -0.2) is 0 Å². The van der Waals surface area contributed by atoms with Gasteiger partial charge in [-0.15, -0.1) is 0 Å². The summed E-state index contributed by atoms with van der Waals surface area (Å²) in [4.78, 5) is 3.86. The largest absolute Gasteiger partial charge is 0.490 e. The molecule has 1 unspecified atom stereocenters. The molecule has 0 spiro atoms. The molecular formula is C8H11ClN2O. The number of nitrogens with two attached hydrogens (primary N) is 1. The first-order valence-corrected chi connectivity index (χ1v) is 4.05. The zero-order chi connectivity index (χ0) is 8.97. The van der Waals surface area contributed by atoms with Gasteiger partial charge in [-0.1, -0.05) is 11.6 Å². The first-order chi connectivity index (χ1) is 5.68. The Hall–Kier alpha value is -0.800. The van der Waals surface area contributed by atoms with Crippen LogP contribution in [0, 0.1) is 0 Å². The SMILES string of the molecule is CC(N)COc1cncc(Cl)c1. The van der Waals surface area contributed by atoms with E-state index in [4.69, 9.17) is 22.1 Å². The molecule has 3 nitrogen and oxygen atoms in total. The van der Waals surface area contributed by atoms with E-state index in [1.165, 1.54) is 0 Å². The molecule has 4 heteroatoms. The van der Waals surface area contributed by atoms with Crippen LogP contribution < -0.4 is 10.5 Å². The van der Waals surface area contributed by atoms with Crippen LogP contribution in [0.25, 0.3) is 0 Å². The summed E-state index contributed by atoms with van der Waals surface area (Å²) in [5, 5.41) is 0.567. The van der Waals surface area contributed by atoms with E-state index in [1.54, 1.807) is 18.5 Å². The van der Waals surface area contributed by atoms with E-state index in [0.717, 1.165) is 0 Å². The van der Waals surface area contributed by atoms with E-state index in [2.05, 4.69) is 4.98 Å². The molecule has 1 aromatic heterocycles. The van der Waals surface area contributed by atoms with E-state index in [0.29, 0.717) is 17.4 Å². The van der Waals surface area contributed by atoms with E-state index in [1.807, 2.05) is 6.92 Å². The van der Waals surface area contributed by atoms with Crippen molar-refractivity contribution in [2.24, 2.45) is 5.73 Å². The third-order valence-electron chi connectivity index (χ3n) is 1.19. The Morgan fingerprint density at radius 1 is 1.67 bits per heavy atom. The minimum atomic E-state index is 0.0176. The van der Waals surface area contributed by atoms with E-state index in [9.17, 15) is 0 Å². The van der Waals surface area contributed by atoms with Crippen LogP contribution in [0.4, 0.5) is 0 Å². The zero-order valence-corrected chi connectivity index (χ0v) is 7.58. The maximum absolute atomic E-state index is 5.69. The van der Waals surface area contributed by atoms with E-state index < -0.39 is 0 Å². The van der Waals surface area contributed by atoms with Crippen molar-refractivity contribution in [3.63, 3.8) is 0 Å². The van der Waals surface area contributed by atoms with Crippen molar-refractivity contribution in [2.45, 2.75) is 13.0 Å². The number of rotatable bonds is 3. The Labute approximate surface area is 76.5 Å². The van der Waals surface area contributed by atoms with E-state index >= 15 is 0 Å². The summed E-state index contributed by atoms with van der Waals surface area (Å²) < 4.78 is 5.28. The molecule has 1 heterocycles. The molecule has 0 bridgehead atoms. The van der Waals surface area contributed by atoms with Crippen LogP contribution in [0.1, 0.15) is 6.92 Å². The van der Waals surface area contributed by atoms with Crippen LogP contribution in [0.2, 0.25) is 5.02 Å². The second-order valence-electron chi connectivity index (χ2n) is 2.63. The topological polar surface area (TPSA) is 48.1 Å². The predicted octanol–water partition coefficient (Wildman–Crippen LogP) is 1.46. The molecule has 66 valence electrons. The van der Waals surface area contributed by atoms with Gasteiger partial charge in [0.25, 0.3) is 0 Å². The van der Waals surface area contributed by atoms with Gasteiger partial charge in [-0.05, 0) is 6.92 Å². The van der Waals surface area contributed by atoms with Crippen molar-refractivity contribution in [1.29, 1.82) is 0 Å². The van der Waals surface area contributed by atoms with Gasteiger partial charge in [0.1, 0.15) is 12.4 Å². The van der Waals surface area contributed by atoms with Crippen molar-refractivity contribution in [3.05, 3.63) is 23.5 Å². The highest BCUT2D eigenvalue weighted by Gasteiger charge is 1.97. The average molecular weight is 187 g/mol. The number of nitrogens with zero attached hydrogens (tertiary/aromatic N) is 1. The molecule has 0 saturated heterocycles. The molecule has 12 heavy (non-hydrogen) atoms. The lowest BCUT2D eigenvalue weighted by Gasteiger charge is -2.07. The molecule has 0 fully saturated rings. The van der Waals surface area contributed by atoms with Crippen LogP contribution >= 0.6 is 11.6 Å². The number of ether oxygens (including phenoxy) is 1. The van der Waals surface area contributed by atoms with Crippen molar-refractivity contribution in [1.82, 2.24) is 4.98 Å². The molecule has 0 amide bonds. The first kappa shape index (κ1) is 9.29. The van der Waals surface area contributed by atoms with Crippen molar-refractivity contribution in [2.75, 3.05) is 6.61 Å². The van der Waals surface area contributed by atoms with Crippen LogP contribution in [-0.4, -0.2) is 17.6 Å². The summed E-state index contributed by atoms with van der Waals surface area (Å²) >= 11 is 5.69. The molecule has 1 rings (SSSR count). The lowest BCUT2D eigenvalue weighted by molar-refractivity contribution is 0.295. The minimum Gasteiger partial charge on any atom is -0.490 e. The van der Waals surface area contributed by atoms with Gasteiger partial charge in [0, 0.05) is 18.3 Å². The van der Waals surface area contributed by atoms with Crippen LogP contribution in [-0.2, 0) is 0 Å². The maximum Gasteiger partial charge on any atom is 0.139 e. The number of hydrogen-bond acceptors (Lipinski definition) is 3. The summed E-state index contributed by atoms with van der Waals surface area (Å²) in [5.41, 5.74) is 5.50. The summed E-state index contributed by atoms with van der Waals surface area (Å²) in [6.07, 6.45) is 3.16. The second kappa shape index (κ2) is 4.28. The molecule has 0 aliphatic heterocycles. The summed E-state index contributed by atoms with van der Waals surface area (Å²) in [6.45, 7) is 2.35. The lowest BCUT2D eigenvalue weighted by atomic mass is 10.4. The van der Waals surface area contributed by atoms with Gasteiger partial charge in [0.05, 0.1) is 11.2 Å². The summed E-state index contributed by atoms with van der Waals surface area (Å²) in [6, 6.07) is 1.72. The monoisotopic (exact) mass is 186 g/mol. The molecule has 2 N–H and O–H groups in total. The van der Waals surface area contributed by atoms with Gasteiger partial charge < -0.3 is 10.5 Å². The normalized spacial score (nSPS) is 12.6. The number of aromatic nitrogens is 1. The van der Waals surface area contributed by atoms with Crippen LogP contribution in [0.15, 0.2) is 18.5 Å². The molecule has 0 aromatic carbocycles. The lowest BCUT2D eigenvalue weighted by Crippen LogP contribution is -2.23. The quantitative estimate of drug-likeness (QED) is 0.778. The zero-order valence-electron chi connectivity index (χ0n) is 6.83. The second-order valence-corrected chi connectivity index (χ2v) is 3.06. The predicted molar refractivity (Wildman–Crippen MR) is 48.4 cm³/mol. The molecular weight excluding hydrogens is 176 g/mol. The van der Waals surface area contributed by atoms with Gasteiger partial charge in [-0.2, -0.15) is 0 Å². The highest BCUT2D eigenvalue weighted by molar-refractivity contribution is 6.30. The highest BCUT2D eigenvalue weighted by Crippen LogP contribution is 2.14. The summed E-state index contributed by atoms with van der Waals surface area (Å²) in [7, 11) is 0. The van der Waals surface area contributed by atoms with Crippen molar-refractivity contribution in [3.8, 4) is 5.75 Å². The van der Waals surface area contributed by atoms with Gasteiger partial charge >= 0.3 is 0 Å². The molecule has 1 aromatic rings. The number of halogens is 1. The molecule has 0 aliphatic carbocycles. The van der Waals surface area contributed by atoms with Crippen LogP contribution in [0.5, 0.6) is 5.75 Å². The highest BCUT2D eigenvalue weighted by atomic mass is 35.5. The molecule has 0 radical (unpaired) electrons. The number of pyridine rings is 1. The first-order valence-electron chi connectivity index (χ1n) is 3.67. The Balaban J connectivity index is 2.52.